The molecular formula is C6H12O6S2. The second-order valence-corrected chi connectivity index (χ2v) is 4.33. The van der Waals surface area contributed by atoms with Crippen molar-refractivity contribution in [3.8, 4) is 0 Å². The molecule has 0 radical (unpaired) electrons. The van der Waals surface area contributed by atoms with E-state index in [1.807, 2.05) is 0 Å². The number of ether oxygens (including phenoxy) is 1. The van der Waals surface area contributed by atoms with Crippen LogP contribution in [0.4, 0.5) is 0 Å². The summed E-state index contributed by atoms with van der Waals surface area (Å²) in [4.78, 5) is -2.28. The van der Waals surface area contributed by atoms with Crippen molar-refractivity contribution in [3.63, 3.8) is 0 Å². The Morgan fingerprint density at radius 3 is 2.21 bits per heavy atom. The first-order valence-corrected chi connectivity index (χ1v) is 4.75. The molecule has 14 heavy (non-hydrogen) atoms. The highest BCUT2D eigenvalue weighted by Crippen LogP contribution is 2.33. The van der Waals surface area contributed by atoms with E-state index >= 15 is 0 Å². The molecule has 0 bridgehead atoms. The molecule has 1 aliphatic heterocycles. The Kier molecular flexibility index (Phi) is 3.71. The third-order valence-corrected chi connectivity index (χ3v) is 2.82. The molecule has 0 aromatic carbocycles. The van der Waals surface area contributed by atoms with Gasteiger partial charge in [0.2, 0.25) is 0 Å². The van der Waals surface area contributed by atoms with Gasteiger partial charge in [-0.05, 0) is 0 Å². The molecule has 1 aliphatic rings. The van der Waals surface area contributed by atoms with Gasteiger partial charge in [-0.3, -0.25) is 0 Å². The molecule has 6 nitrogen and oxygen atoms in total. The van der Waals surface area contributed by atoms with Crippen LogP contribution < -0.4 is 0 Å². The third-order valence-electron chi connectivity index (χ3n) is 2.04. The minimum Gasteiger partial charge on any atom is -0.387 e. The third kappa shape index (κ3) is 2.02. The molecule has 1 heterocycles. The first-order valence-electron chi connectivity index (χ1n) is 3.79. The predicted octanol–water partition coefficient (Wildman–Crippen LogP) is -2.71. The van der Waals surface area contributed by atoms with Crippen LogP contribution in [0.5, 0.6) is 0 Å². The predicted molar refractivity (Wildman–Crippen MR) is 51.8 cm³/mol. The summed E-state index contributed by atoms with van der Waals surface area (Å²) >= 11 is 7.12. The van der Waals surface area contributed by atoms with Gasteiger partial charge in [0.05, 0.1) is 0 Å². The molecule has 0 saturated carbocycles. The monoisotopic (exact) mass is 244 g/mol. The van der Waals surface area contributed by atoms with Crippen molar-refractivity contribution in [1.82, 2.24) is 0 Å². The maximum absolute atomic E-state index is 9.36. The molecule has 1 saturated heterocycles. The van der Waals surface area contributed by atoms with Gasteiger partial charge in [-0.2, -0.15) is 0 Å². The van der Waals surface area contributed by atoms with E-state index in [9.17, 15) is 20.4 Å². The summed E-state index contributed by atoms with van der Waals surface area (Å²) in [5, 5.41) is 46.2. The first kappa shape index (κ1) is 12.5. The minimum atomic E-state index is -2.28. The van der Waals surface area contributed by atoms with Crippen LogP contribution in [0.25, 0.3) is 0 Å². The molecular weight excluding hydrogens is 232 g/mol. The molecule has 0 aromatic rings. The summed E-state index contributed by atoms with van der Waals surface area (Å²) < 4.78 is 4.64. The molecule has 0 spiro atoms. The molecule has 5 N–H and O–H groups in total. The number of aliphatic hydroxyl groups is 5. The number of rotatable bonds is 1. The number of hydrogen-bond acceptors (Lipinski definition) is 8. The van der Waals surface area contributed by atoms with Crippen LogP contribution in [-0.2, 0) is 4.74 Å². The normalized spacial score (nSPS) is 51.6. The Labute approximate surface area is 91.0 Å². The van der Waals surface area contributed by atoms with Crippen LogP contribution in [0.2, 0.25) is 0 Å². The topological polar surface area (TPSA) is 110 Å². The van der Waals surface area contributed by atoms with E-state index in [2.05, 4.69) is 30.0 Å². The lowest BCUT2D eigenvalue weighted by Gasteiger charge is -2.44. The highest BCUT2D eigenvalue weighted by molar-refractivity contribution is 7.81. The Balaban J connectivity index is 2.84. The van der Waals surface area contributed by atoms with Gasteiger partial charge >= 0.3 is 0 Å². The van der Waals surface area contributed by atoms with Crippen LogP contribution in [0.15, 0.2) is 0 Å². The Bertz CT molecular complexity index is 208. The van der Waals surface area contributed by atoms with Gasteiger partial charge in [-0.15, -0.1) is 25.3 Å². The van der Waals surface area contributed by atoms with Gasteiger partial charge in [0.25, 0.3) is 0 Å². The van der Waals surface area contributed by atoms with Crippen molar-refractivity contribution in [2.24, 2.45) is 0 Å². The number of aliphatic hydroxyl groups excluding tert-OH is 4. The average Bonchev–Trinajstić information content (AvgIpc) is 2.08. The number of thiol groups is 2. The summed E-state index contributed by atoms with van der Waals surface area (Å²) in [5.74, 6) is 0. The minimum absolute atomic E-state index is 1.30. The van der Waals surface area contributed by atoms with Crippen LogP contribution in [0, 0.1) is 0 Å². The van der Waals surface area contributed by atoms with Crippen LogP contribution in [0.3, 0.4) is 0 Å². The standard InChI is InChI=1S/C6H12O6S2/c7-1-2(4(9)13)12-5(10)6(11,14)3(1)8/h1-5,7-11,13-14H/t1-,2-,3-,4?,5?,6-/m0/s1. The summed E-state index contributed by atoms with van der Waals surface area (Å²) in [6.45, 7) is 0. The van der Waals surface area contributed by atoms with E-state index in [0.29, 0.717) is 0 Å². The van der Waals surface area contributed by atoms with E-state index in [4.69, 9.17) is 5.11 Å². The fourth-order valence-corrected chi connectivity index (χ4v) is 1.61. The highest BCUT2D eigenvalue weighted by Gasteiger charge is 2.53. The largest absolute Gasteiger partial charge is 0.387 e. The smallest absolute Gasteiger partial charge is 0.196 e. The van der Waals surface area contributed by atoms with Gasteiger partial charge in [0, 0.05) is 0 Å². The van der Waals surface area contributed by atoms with Gasteiger partial charge in [-0.25, -0.2) is 0 Å². The molecule has 2 unspecified atom stereocenters. The summed E-state index contributed by atoms with van der Waals surface area (Å²) in [5.41, 5.74) is -1.39. The van der Waals surface area contributed by atoms with Crippen molar-refractivity contribution in [2.75, 3.05) is 0 Å². The maximum atomic E-state index is 9.36. The summed E-state index contributed by atoms with van der Waals surface area (Å²) in [7, 11) is 0. The molecule has 8 heteroatoms. The summed E-state index contributed by atoms with van der Waals surface area (Å²) in [6.07, 6.45) is -6.46. The van der Waals surface area contributed by atoms with Crippen molar-refractivity contribution >= 4 is 25.3 Å². The second kappa shape index (κ2) is 4.14. The van der Waals surface area contributed by atoms with Crippen molar-refractivity contribution in [1.29, 1.82) is 0 Å². The number of hydrogen-bond donors (Lipinski definition) is 7. The van der Waals surface area contributed by atoms with E-state index < -0.39 is 35.0 Å². The zero-order valence-electron chi connectivity index (χ0n) is 6.93. The molecule has 6 atom stereocenters. The highest BCUT2D eigenvalue weighted by atomic mass is 32.1. The lowest BCUT2D eigenvalue weighted by atomic mass is 9.98. The second-order valence-electron chi connectivity index (χ2n) is 3.09. The van der Waals surface area contributed by atoms with Gasteiger partial charge in [-0.1, -0.05) is 0 Å². The van der Waals surface area contributed by atoms with Gasteiger partial charge in [0.1, 0.15) is 23.7 Å². The molecule has 1 fully saturated rings. The lowest BCUT2D eigenvalue weighted by molar-refractivity contribution is -0.301. The zero-order valence-corrected chi connectivity index (χ0v) is 8.71. The fraction of sp³-hybridized carbons (Fsp3) is 1.00. The Hall–Kier alpha value is 0.460. The van der Waals surface area contributed by atoms with Crippen LogP contribution >= 0.6 is 25.3 Å². The first-order chi connectivity index (χ1) is 6.28. The Morgan fingerprint density at radius 2 is 1.79 bits per heavy atom. The van der Waals surface area contributed by atoms with Crippen molar-refractivity contribution < 1.29 is 30.3 Å². The van der Waals surface area contributed by atoms with Gasteiger partial charge < -0.3 is 30.3 Å². The SMILES string of the molecule is OC(S)[C@H]1OC(O)[C@@](O)(S)[C@@H](O)[C@H]1O. The molecule has 0 aliphatic carbocycles. The fourth-order valence-electron chi connectivity index (χ4n) is 1.15. The van der Waals surface area contributed by atoms with E-state index in [1.54, 1.807) is 0 Å². The summed E-state index contributed by atoms with van der Waals surface area (Å²) in [6, 6.07) is 0. The molecule has 84 valence electrons. The van der Waals surface area contributed by atoms with Crippen molar-refractivity contribution in [3.05, 3.63) is 0 Å². The van der Waals surface area contributed by atoms with Crippen LogP contribution in [-0.4, -0.2) is 60.5 Å². The van der Waals surface area contributed by atoms with Gasteiger partial charge in [0.15, 0.2) is 11.2 Å². The molecule has 1 rings (SSSR count). The van der Waals surface area contributed by atoms with E-state index in [1.165, 1.54) is 0 Å². The average molecular weight is 244 g/mol. The van der Waals surface area contributed by atoms with E-state index in [-0.39, 0.29) is 0 Å². The molecule has 0 aromatic heterocycles. The quantitative estimate of drug-likeness (QED) is 0.200. The van der Waals surface area contributed by atoms with Crippen molar-refractivity contribution in [2.45, 2.75) is 35.0 Å². The Morgan fingerprint density at radius 1 is 1.29 bits per heavy atom. The van der Waals surface area contributed by atoms with Crippen LogP contribution in [0.1, 0.15) is 0 Å². The maximum Gasteiger partial charge on any atom is 0.196 e. The zero-order chi connectivity index (χ0) is 11.1. The lowest BCUT2D eigenvalue weighted by Crippen LogP contribution is -2.64. The molecule has 0 amide bonds. The van der Waals surface area contributed by atoms with E-state index in [0.717, 1.165) is 0 Å².